The number of rotatable bonds is 3. The number of nitrogens with one attached hydrogen (secondary N) is 1. The maximum absolute atomic E-state index is 13.2. The normalized spacial score (nSPS) is 9.50. The van der Waals surface area contributed by atoms with Gasteiger partial charge >= 0.3 is 5.97 Å². The molecule has 0 atom stereocenters. The molecule has 0 saturated heterocycles. The van der Waals surface area contributed by atoms with Crippen molar-refractivity contribution in [2.24, 2.45) is 0 Å². The number of nitrogens with zero attached hydrogens (tertiary/aromatic N) is 1. The average molecular weight is 326 g/mol. The van der Waals surface area contributed by atoms with Crippen molar-refractivity contribution in [3.63, 3.8) is 0 Å². The van der Waals surface area contributed by atoms with Crippen LogP contribution in [0, 0.1) is 5.82 Å². The number of carbonyl (C=O) groups is 1. The van der Waals surface area contributed by atoms with Gasteiger partial charge in [0, 0.05) is 6.20 Å². The molecule has 2 aromatic rings. The first-order chi connectivity index (χ1) is 10.5. The van der Waals surface area contributed by atoms with Gasteiger partial charge in [-0.2, -0.15) is 0 Å². The minimum Gasteiger partial charge on any atom is -0.465 e. The van der Waals surface area contributed by atoms with Gasteiger partial charge in [-0.1, -0.05) is 25.4 Å². The summed E-state index contributed by atoms with van der Waals surface area (Å²) in [5, 5.41) is 3.13. The number of pyridine rings is 1. The van der Waals surface area contributed by atoms with Crippen LogP contribution < -0.4 is 11.1 Å². The lowest BCUT2D eigenvalue weighted by molar-refractivity contribution is 0.0600. The fourth-order valence-corrected chi connectivity index (χ4v) is 1.70. The largest absolute Gasteiger partial charge is 0.465 e. The predicted octanol–water partition coefficient (Wildman–Crippen LogP) is 4.01. The summed E-state index contributed by atoms with van der Waals surface area (Å²) in [5.41, 5.74) is 6.55. The van der Waals surface area contributed by atoms with Crippen LogP contribution in [0.1, 0.15) is 24.2 Å². The highest BCUT2D eigenvalue weighted by Crippen LogP contribution is 2.28. The summed E-state index contributed by atoms with van der Waals surface area (Å²) in [4.78, 5) is 15.3. The molecular formula is C15H17ClFN3O2. The third-order valence-corrected chi connectivity index (χ3v) is 2.85. The van der Waals surface area contributed by atoms with Gasteiger partial charge in [0.25, 0.3) is 0 Å². The second-order valence-corrected chi connectivity index (χ2v) is 4.31. The maximum atomic E-state index is 13.2. The standard InChI is InChI=1S/C13H11ClFN3O2.C2H6/c1-20-13(19)7-4-10(16)12(17-6-7)18-11-5-8(15)2-3-9(11)14;1-2/h2-6H,16H2,1H3,(H,17,18);1-2H3. The third kappa shape index (κ3) is 4.33. The number of aromatic nitrogens is 1. The van der Waals surface area contributed by atoms with Gasteiger partial charge in [-0.15, -0.1) is 0 Å². The fraction of sp³-hybridized carbons (Fsp3) is 0.200. The van der Waals surface area contributed by atoms with Crippen molar-refractivity contribution in [3.8, 4) is 0 Å². The molecule has 0 fully saturated rings. The van der Waals surface area contributed by atoms with Crippen molar-refractivity contribution in [2.45, 2.75) is 13.8 Å². The van der Waals surface area contributed by atoms with Gasteiger partial charge in [-0.05, 0) is 24.3 Å². The monoisotopic (exact) mass is 325 g/mol. The lowest BCUT2D eigenvalue weighted by atomic mass is 10.2. The molecule has 3 N–H and O–H groups in total. The summed E-state index contributed by atoms with van der Waals surface area (Å²) >= 11 is 5.93. The van der Waals surface area contributed by atoms with Crippen molar-refractivity contribution in [3.05, 3.63) is 46.9 Å². The number of hydrogen-bond donors (Lipinski definition) is 2. The molecule has 0 radical (unpaired) electrons. The van der Waals surface area contributed by atoms with E-state index in [0.717, 1.165) is 0 Å². The van der Waals surface area contributed by atoms with E-state index in [2.05, 4.69) is 15.0 Å². The molecule has 1 heterocycles. The van der Waals surface area contributed by atoms with Gasteiger partial charge < -0.3 is 15.8 Å². The van der Waals surface area contributed by atoms with E-state index in [1.807, 2.05) is 13.8 Å². The third-order valence-electron chi connectivity index (χ3n) is 2.52. The van der Waals surface area contributed by atoms with Crippen molar-refractivity contribution in [1.82, 2.24) is 4.98 Å². The summed E-state index contributed by atoms with van der Waals surface area (Å²) in [6.45, 7) is 4.00. The average Bonchev–Trinajstić information content (AvgIpc) is 2.53. The number of esters is 1. The molecule has 1 aromatic heterocycles. The first-order valence-corrected chi connectivity index (χ1v) is 6.95. The van der Waals surface area contributed by atoms with E-state index >= 15 is 0 Å². The van der Waals surface area contributed by atoms with Crippen LogP contribution in [0.4, 0.5) is 21.6 Å². The van der Waals surface area contributed by atoms with Gasteiger partial charge in [0.15, 0.2) is 5.82 Å². The smallest absolute Gasteiger partial charge is 0.339 e. The number of nitrogens with two attached hydrogens (primary N) is 1. The quantitative estimate of drug-likeness (QED) is 0.834. The number of hydrogen-bond acceptors (Lipinski definition) is 5. The molecule has 5 nitrogen and oxygen atoms in total. The van der Waals surface area contributed by atoms with E-state index in [1.165, 1.54) is 37.6 Å². The van der Waals surface area contributed by atoms with Crippen LogP contribution in [-0.2, 0) is 4.74 Å². The zero-order chi connectivity index (χ0) is 16.7. The lowest BCUT2D eigenvalue weighted by Crippen LogP contribution is -2.06. The minimum absolute atomic E-state index is 0.216. The summed E-state index contributed by atoms with van der Waals surface area (Å²) in [6, 6.07) is 5.29. The van der Waals surface area contributed by atoms with Crippen molar-refractivity contribution in [2.75, 3.05) is 18.2 Å². The summed E-state index contributed by atoms with van der Waals surface area (Å²) in [7, 11) is 1.26. The van der Waals surface area contributed by atoms with Crippen molar-refractivity contribution in [1.29, 1.82) is 0 Å². The zero-order valence-corrected chi connectivity index (χ0v) is 13.2. The highest BCUT2D eigenvalue weighted by atomic mass is 35.5. The van der Waals surface area contributed by atoms with Gasteiger partial charge in [0.2, 0.25) is 0 Å². The first kappa shape index (κ1) is 17.7. The van der Waals surface area contributed by atoms with Gasteiger partial charge in [0.05, 0.1) is 29.1 Å². The van der Waals surface area contributed by atoms with Crippen LogP contribution in [0.3, 0.4) is 0 Å². The summed E-state index contributed by atoms with van der Waals surface area (Å²) < 4.78 is 17.7. The molecule has 0 saturated carbocycles. The topological polar surface area (TPSA) is 77.2 Å². The van der Waals surface area contributed by atoms with Gasteiger partial charge in [-0.3, -0.25) is 0 Å². The first-order valence-electron chi connectivity index (χ1n) is 6.57. The Hall–Kier alpha value is -2.34. The van der Waals surface area contributed by atoms with Crippen LogP contribution in [0.5, 0.6) is 0 Å². The molecule has 0 aliphatic heterocycles. The molecule has 0 unspecified atom stereocenters. The number of anilines is 3. The van der Waals surface area contributed by atoms with Crippen LogP contribution in [0.15, 0.2) is 30.5 Å². The Kier molecular flexibility index (Phi) is 6.59. The van der Waals surface area contributed by atoms with E-state index < -0.39 is 11.8 Å². The highest BCUT2D eigenvalue weighted by molar-refractivity contribution is 6.33. The van der Waals surface area contributed by atoms with E-state index in [9.17, 15) is 9.18 Å². The molecule has 22 heavy (non-hydrogen) atoms. The number of benzene rings is 1. The number of halogens is 2. The molecular weight excluding hydrogens is 309 g/mol. The Labute approximate surface area is 133 Å². The van der Waals surface area contributed by atoms with Crippen LogP contribution in [0.25, 0.3) is 0 Å². The van der Waals surface area contributed by atoms with Crippen molar-refractivity contribution < 1.29 is 13.9 Å². The van der Waals surface area contributed by atoms with Gasteiger partial charge in [-0.25, -0.2) is 14.2 Å². The highest BCUT2D eigenvalue weighted by Gasteiger charge is 2.11. The molecule has 2 rings (SSSR count). The van der Waals surface area contributed by atoms with Crippen LogP contribution in [-0.4, -0.2) is 18.1 Å². The molecule has 0 spiro atoms. The van der Waals surface area contributed by atoms with Gasteiger partial charge in [0.1, 0.15) is 5.82 Å². The van der Waals surface area contributed by atoms with Crippen LogP contribution >= 0.6 is 11.6 Å². The minimum atomic E-state index is -0.542. The Bertz CT molecular complexity index is 665. The Balaban J connectivity index is 0.00000116. The molecule has 1 aromatic carbocycles. The molecule has 0 aliphatic carbocycles. The summed E-state index contributed by atoms with van der Waals surface area (Å²) in [5.74, 6) is -0.716. The zero-order valence-electron chi connectivity index (χ0n) is 12.5. The predicted molar refractivity (Wildman–Crippen MR) is 86.0 cm³/mol. The summed E-state index contributed by atoms with van der Waals surface area (Å²) in [6.07, 6.45) is 1.30. The van der Waals surface area contributed by atoms with Crippen LogP contribution in [0.2, 0.25) is 5.02 Å². The van der Waals surface area contributed by atoms with E-state index in [4.69, 9.17) is 17.3 Å². The molecule has 0 amide bonds. The Morgan fingerprint density at radius 1 is 1.36 bits per heavy atom. The van der Waals surface area contributed by atoms with E-state index in [1.54, 1.807) is 0 Å². The fourth-order valence-electron chi connectivity index (χ4n) is 1.54. The van der Waals surface area contributed by atoms with E-state index in [-0.39, 0.29) is 17.1 Å². The number of carbonyl (C=O) groups excluding carboxylic acids is 1. The second kappa shape index (κ2) is 8.19. The Morgan fingerprint density at radius 3 is 2.64 bits per heavy atom. The number of nitrogen functional groups attached to an aromatic ring is 1. The maximum Gasteiger partial charge on any atom is 0.339 e. The number of methoxy groups -OCH3 is 1. The number of ether oxygens (including phenoxy) is 1. The SMILES string of the molecule is CC.COC(=O)c1cnc(Nc2cc(F)ccc2Cl)c(N)c1. The molecule has 0 aliphatic rings. The Morgan fingerprint density at radius 2 is 2.05 bits per heavy atom. The second-order valence-electron chi connectivity index (χ2n) is 3.90. The van der Waals surface area contributed by atoms with E-state index in [0.29, 0.717) is 10.7 Å². The molecule has 7 heteroatoms. The molecule has 118 valence electrons. The lowest BCUT2D eigenvalue weighted by Gasteiger charge is -2.10. The molecule has 0 bridgehead atoms. The van der Waals surface area contributed by atoms with Crippen molar-refractivity contribution >= 4 is 34.8 Å².